The second-order valence-corrected chi connectivity index (χ2v) is 10.5. The number of nitrogens with zero attached hydrogens (tertiary/aromatic N) is 4. The molecular weight excluding hydrogens is 568 g/mol. The third kappa shape index (κ3) is 3.98. The van der Waals surface area contributed by atoms with E-state index in [9.17, 15) is 34.3 Å². The maximum absolute atomic E-state index is 13.3. The predicted octanol–water partition coefficient (Wildman–Crippen LogP) is -3.45. The van der Waals surface area contributed by atoms with Gasteiger partial charge in [0.15, 0.2) is 11.6 Å². The highest BCUT2D eigenvalue weighted by atomic mass is 16.5. The van der Waals surface area contributed by atoms with E-state index in [4.69, 9.17) is 15.9 Å². The van der Waals surface area contributed by atoms with Gasteiger partial charge >= 0.3 is 5.69 Å². The first-order valence-electron chi connectivity index (χ1n) is 12.9. The Morgan fingerprint density at radius 1 is 1.14 bits per heavy atom. The third-order valence-corrected chi connectivity index (χ3v) is 8.07. The van der Waals surface area contributed by atoms with Gasteiger partial charge in [0.05, 0.1) is 17.5 Å². The fraction of sp³-hybridized carbons (Fsp3) is 0.320. The molecule has 3 aliphatic heterocycles. The van der Waals surface area contributed by atoms with Crippen molar-refractivity contribution in [1.29, 1.82) is 0 Å². The number of rotatable bonds is 5. The van der Waals surface area contributed by atoms with E-state index < -0.39 is 63.8 Å². The molecule has 1 fully saturated rings. The standard InChI is InChI=1S/C25H26N10O8/c1-24(41)15(31-19(38)11-9-43-14-5-3-2-4-10(14)17(11)37)8-34-21(26)29-13(18-25(24,34)35(42)22(27)33-18)7-28-20(39)12-6-16(36)32-23(40)30-12/h2-6,9,13,15,18,41-42H,7-8H2,1H3,(H2,26,29)(H2,27,33)(H,28,39)(H,31,38)(H2,30,32,36,40)/t13?,15?,18?,24-,25?/m0/s1. The number of amides is 2. The first-order chi connectivity index (χ1) is 20.4. The van der Waals surface area contributed by atoms with E-state index in [1.807, 2.05) is 4.98 Å². The van der Waals surface area contributed by atoms with Crippen molar-refractivity contribution in [3.05, 3.63) is 78.9 Å². The highest BCUT2D eigenvalue weighted by Crippen LogP contribution is 2.49. The Morgan fingerprint density at radius 2 is 1.88 bits per heavy atom. The average Bonchev–Trinajstić information content (AvgIpc) is 3.36. The number of hydrogen-bond donors (Lipinski definition) is 8. The van der Waals surface area contributed by atoms with Gasteiger partial charge in [-0.3, -0.25) is 29.4 Å². The van der Waals surface area contributed by atoms with Crippen LogP contribution in [0.1, 0.15) is 27.8 Å². The lowest BCUT2D eigenvalue weighted by Gasteiger charge is -2.52. The summed E-state index contributed by atoms with van der Waals surface area (Å²) in [7, 11) is 0. The summed E-state index contributed by atoms with van der Waals surface area (Å²) in [6.07, 6.45) is 1.02. The maximum Gasteiger partial charge on any atom is 0.326 e. The van der Waals surface area contributed by atoms with Crippen LogP contribution >= 0.6 is 0 Å². The number of para-hydroxylation sites is 1. The Morgan fingerprint density at radius 3 is 2.63 bits per heavy atom. The van der Waals surface area contributed by atoms with Crippen LogP contribution in [-0.2, 0) is 0 Å². The molecule has 18 heteroatoms. The molecule has 43 heavy (non-hydrogen) atoms. The van der Waals surface area contributed by atoms with Gasteiger partial charge < -0.3 is 41.5 Å². The second kappa shape index (κ2) is 9.53. The van der Waals surface area contributed by atoms with Gasteiger partial charge in [-0.05, 0) is 19.1 Å². The number of aliphatic imine (C=N–C) groups is 2. The Hall–Kier alpha value is -5.49. The van der Waals surface area contributed by atoms with Crippen LogP contribution < -0.4 is 38.8 Å². The molecule has 1 aromatic carbocycles. The number of nitrogens with two attached hydrogens (primary N) is 2. The Kier molecular flexibility index (Phi) is 6.13. The van der Waals surface area contributed by atoms with Gasteiger partial charge in [0.2, 0.25) is 11.4 Å². The Labute approximate surface area is 239 Å². The van der Waals surface area contributed by atoms with Gasteiger partial charge in [0.25, 0.3) is 17.4 Å². The average molecular weight is 595 g/mol. The molecule has 2 amide bonds. The van der Waals surface area contributed by atoms with Crippen molar-refractivity contribution in [3.8, 4) is 0 Å². The van der Waals surface area contributed by atoms with Gasteiger partial charge in [-0.1, -0.05) is 12.1 Å². The lowest BCUT2D eigenvalue weighted by molar-refractivity contribution is -0.218. The van der Waals surface area contributed by atoms with Gasteiger partial charge in [0.1, 0.15) is 34.7 Å². The number of carbonyl (C=O) groups is 2. The zero-order chi connectivity index (χ0) is 30.8. The number of hydroxylamine groups is 2. The minimum atomic E-state index is -2.05. The molecule has 2 aromatic heterocycles. The largest absolute Gasteiger partial charge is 0.463 e. The molecule has 5 heterocycles. The molecule has 0 aliphatic carbocycles. The summed E-state index contributed by atoms with van der Waals surface area (Å²) in [6, 6.07) is 3.97. The summed E-state index contributed by atoms with van der Waals surface area (Å²) in [6.45, 7) is 0.876. The molecule has 6 rings (SSSR count). The van der Waals surface area contributed by atoms with Crippen molar-refractivity contribution in [2.24, 2.45) is 21.5 Å². The zero-order valence-electron chi connectivity index (χ0n) is 22.4. The summed E-state index contributed by atoms with van der Waals surface area (Å²) < 4.78 is 5.45. The van der Waals surface area contributed by atoms with Crippen LogP contribution in [0.4, 0.5) is 0 Å². The van der Waals surface area contributed by atoms with E-state index in [2.05, 4.69) is 25.6 Å². The van der Waals surface area contributed by atoms with Gasteiger partial charge in [-0.15, -0.1) is 0 Å². The minimum Gasteiger partial charge on any atom is -0.463 e. The summed E-state index contributed by atoms with van der Waals surface area (Å²) in [5.74, 6) is -2.23. The van der Waals surface area contributed by atoms with E-state index in [-0.39, 0.29) is 41.3 Å². The number of guanidine groups is 2. The third-order valence-electron chi connectivity index (χ3n) is 8.07. The van der Waals surface area contributed by atoms with Crippen LogP contribution in [-0.4, -0.2) is 96.5 Å². The van der Waals surface area contributed by atoms with Crippen LogP contribution in [0, 0.1) is 0 Å². The van der Waals surface area contributed by atoms with Crippen LogP contribution in [0.3, 0.4) is 0 Å². The number of aromatic amines is 2. The number of carbonyl (C=O) groups excluding carboxylic acids is 2. The summed E-state index contributed by atoms with van der Waals surface area (Å²) in [5.41, 5.74) is 5.75. The molecule has 0 saturated carbocycles. The number of benzene rings is 1. The maximum atomic E-state index is 13.3. The fourth-order valence-corrected chi connectivity index (χ4v) is 6.03. The van der Waals surface area contributed by atoms with E-state index in [0.717, 1.165) is 12.3 Å². The molecule has 5 atom stereocenters. The Balaban J connectivity index is 1.30. The molecule has 1 saturated heterocycles. The van der Waals surface area contributed by atoms with Crippen LogP contribution in [0.15, 0.2) is 65.4 Å². The lowest BCUT2D eigenvalue weighted by Crippen LogP contribution is -2.77. The lowest BCUT2D eigenvalue weighted by atomic mass is 9.78. The molecule has 3 aromatic rings. The molecule has 1 spiro atoms. The smallest absolute Gasteiger partial charge is 0.326 e. The first kappa shape index (κ1) is 27.7. The molecule has 18 nitrogen and oxygen atoms in total. The first-order valence-corrected chi connectivity index (χ1v) is 12.9. The van der Waals surface area contributed by atoms with Crippen LogP contribution in [0.2, 0.25) is 0 Å². The Bertz CT molecular complexity index is 1880. The van der Waals surface area contributed by atoms with Crippen LogP contribution in [0.25, 0.3) is 11.0 Å². The van der Waals surface area contributed by atoms with Crippen molar-refractivity contribution in [3.63, 3.8) is 0 Å². The normalized spacial score (nSPS) is 27.7. The topological polar surface area (TPSA) is 278 Å². The van der Waals surface area contributed by atoms with Crippen molar-refractivity contribution >= 4 is 34.7 Å². The van der Waals surface area contributed by atoms with Crippen molar-refractivity contribution < 1.29 is 24.3 Å². The molecule has 10 N–H and O–H groups in total. The van der Waals surface area contributed by atoms with Gasteiger partial charge in [-0.2, -0.15) is 5.06 Å². The predicted molar refractivity (Wildman–Crippen MR) is 148 cm³/mol. The number of fused-ring (bicyclic) bond motifs is 1. The molecule has 4 unspecified atom stereocenters. The number of nitrogens with one attached hydrogen (secondary N) is 4. The second-order valence-electron chi connectivity index (χ2n) is 10.5. The zero-order valence-corrected chi connectivity index (χ0v) is 22.4. The summed E-state index contributed by atoms with van der Waals surface area (Å²) in [4.78, 5) is 76.4. The van der Waals surface area contributed by atoms with E-state index >= 15 is 0 Å². The van der Waals surface area contributed by atoms with Gasteiger partial charge in [0, 0.05) is 19.2 Å². The van der Waals surface area contributed by atoms with Gasteiger partial charge in [-0.25, -0.2) is 14.8 Å². The summed E-state index contributed by atoms with van der Waals surface area (Å²) in [5, 5.41) is 29.1. The minimum absolute atomic E-state index is 0.175. The molecule has 0 bridgehead atoms. The fourth-order valence-electron chi connectivity index (χ4n) is 6.03. The van der Waals surface area contributed by atoms with Crippen molar-refractivity contribution in [2.45, 2.75) is 36.3 Å². The number of H-pyrrole nitrogens is 2. The number of aromatic nitrogens is 2. The quantitative estimate of drug-likeness (QED) is 0.143. The van der Waals surface area contributed by atoms with Crippen molar-refractivity contribution in [1.82, 2.24) is 30.6 Å². The van der Waals surface area contributed by atoms with E-state index in [0.29, 0.717) is 5.06 Å². The SMILES string of the molecule is C[C@]1(O)C(NC(=O)c2coc3ccccc3c2=O)CN2C(N)=NC(CNC(=O)c3cc(=O)[nH]c(=O)[nH]3)C3N=C(N)N(O)C321. The molecule has 3 aliphatic rings. The summed E-state index contributed by atoms with van der Waals surface area (Å²) >= 11 is 0. The van der Waals surface area contributed by atoms with Crippen molar-refractivity contribution in [2.75, 3.05) is 13.1 Å². The number of aliphatic hydroxyl groups is 1. The monoisotopic (exact) mass is 594 g/mol. The number of hydrogen-bond acceptors (Lipinski definition) is 14. The highest BCUT2D eigenvalue weighted by molar-refractivity contribution is 5.97. The molecule has 224 valence electrons. The molecule has 0 radical (unpaired) electrons. The molecular formula is C25H26N10O8. The van der Waals surface area contributed by atoms with Crippen LogP contribution in [0.5, 0.6) is 0 Å². The van der Waals surface area contributed by atoms with E-state index in [1.165, 1.54) is 17.9 Å². The highest BCUT2D eigenvalue weighted by Gasteiger charge is 2.74. The van der Waals surface area contributed by atoms with E-state index in [1.54, 1.807) is 18.2 Å².